The average molecular weight is 367 g/mol. The van der Waals surface area contributed by atoms with Crippen molar-refractivity contribution in [2.45, 2.75) is 12.5 Å². The van der Waals surface area contributed by atoms with E-state index in [0.29, 0.717) is 10.0 Å². The van der Waals surface area contributed by atoms with Crippen molar-refractivity contribution in [2.24, 2.45) is 0 Å². The molecule has 2 rings (SSSR count). The van der Waals surface area contributed by atoms with Gasteiger partial charge in [0.2, 0.25) is 5.82 Å². The van der Waals surface area contributed by atoms with Crippen LogP contribution in [0.4, 0.5) is 22.0 Å². The summed E-state index contributed by atoms with van der Waals surface area (Å²) >= 11 is 3.17. The van der Waals surface area contributed by atoms with Crippen LogP contribution in [-0.2, 0) is 6.42 Å². The van der Waals surface area contributed by atoms with E-state index in [1.54, 1.807) is 24.3 Å². The van der Waals surface area contributed by atoms with Gasteiger partial charge in [-0.25, -0.2) is 22.0 Å². The molecular weight excluding hydrogens is 359 g/mol. The number of aliphatic hydroxyl groups excluding tert-OH is 1. The van der Waals surface area contributed by atoms with Gasteiger partial charge in [0.25, 0.3) is 0 Å². The Morgan fingerprint density at radius 1 is 0.857 bits per heavy atom. The average Bonchev–Trinajstić information content (AvgIpc) is 2.46. The van der Waals surface area contributed by atoms with Crippen molar-refractivity contribution in [3.8, 4) is 0 Å². The molecule has 1 unspecified atom stereocenters. The van der Waals surface area contributed by atoms with Crippen LogP contribution in [0.3, 0.4) is 0 Å². The highest BCUT2D eigenvalue weighted by Gasteiger charge is 2.29. The van der Waals surface area contributed by atoms with Gasteiger partial charge >= 0.3 is 0 Å². The van der Waals surface area contributed by atoms with E-state index in [1.165, 1.54) is 0 Å². The molecule has 0 spiro atoms. The fraction of sp³-hybridized carbons (Fsp3) is 0.143. The Kier molecular flexibility index (Phi) is 4.63. The van der Waals surface area contributed by atoms with Gasteiger partial charge in [-0.15, -0.1) is 0 Å². The summed E-state index contributed by atoms with van der Waals surface area (Å²) in [5.74, 6) is -10.4. The lowest BCUT2D eigenvalue weighted by molar-refractivity contribution is 0.163. The third-order valence-corrected chi connectivity index (χ3v) is 3.72. The monoisotopic (exact) mass is 366 g/mol. The van der Waals surface area contributed by atoms with Crippen molar-refractivity contribution in [1.29, 1.82) is 0 Å². The molecule has 0 aliphatic heterocycles. The van der Waals surface area contributed by atoms with Crippen molar-refractivity contribution in [3.63, 3.8) is 0 Å². The predicted octanol–water partition coefficient (Wildman–Crippen LogP) is 4.42. The molecule has 112 valence electrons. The summed E-state index contributed by atoms with van der Waals surface area (Å²) in [6.45, 7) is 0. The lowest BCUT2D eigenvalue weighted by Crippen LogP contribution is -2.13. The van der Waals surface area contributed by atoms with Crippen LogP contribution < -0.4 is 0 Å². The zero-order valence-electron chi connectivity index (χ0n) is 10.3. The zero-order valence-corrected chi connectivity index (χ0v) is 11.9. The van der Waals surface area contributed by atoms with Gasteiger partial charge in [-0.2, -0.15) is 0 Å². The molecule has 1 nitrogen and oxygen atoms in total. The summed E-state index contributed by atoms with van der Waals surface area (Å²) in [6, 6.07) is 6.48. The van der Waals surface area contributed by atoms with Crippen LogP contribution in [0.2, 0.25) is 0 Å². The second kappa shape index (κ2) is 6.11. The van der Waals surface area contributed by atoms with Crippen molar-refractivity contribution >= 4 is 15.9 Å². The lowest BCUT2D eigenvalue weighted by Gasteiger charge is -2.15. The molecule has 2 aromatic rings. The van der Waals surface area contributed by atoms with Crippen LogP contribution in [0.15, 0.2) is 28.7 Å². The Labute approximate surface area is 125 Å². The largest absolute Gasteiger partial charge is 0.388 e. The molecule has 0 aliphatic carbocycles. The Morgan fingerprint density at radius 2 is 1.33 bits per heavy atom. The molecule has 2 aromatic carbocycles. The molecular formula is C14H8BrF5O. The molecule has 0 aliphatic rings. The number of hydrogen-bond acceptors (Lipinski definition) is 1. The SMILES string of the molecule is OC(Cc1ccccc1Br)c1c(F)c(F)c(F)c(F)c1F. The van der Waals surface area contributed by atoms with Crippen LogP contribution in [0.1, 0.15) is 17.2 Å². The number of hydrogen-bond donors (Lipinski definition) is 1. The van der Waals surface area contributed by atoms with Crippen LogP contribution in [-0.4, -0.2) is 5.11 Å². The van der Waals surface area contributed by atoms with E-state index in [4.69, 9.17) is 0 Å². The number of benzene rings is 2. The van der Waals surface area contributed by atoms with Crippen LogP contribution in [0.25, 0.3) is 0 Å². The first-order valence-electron chi connectivity index (χ1n) is 5.77. The lowest BCUT2D eigenvalue weighted by atomic mass is 10.00. The molecule has 0 heterocycles. The van der Waals surface area contributed by atoms with Gasteiger partial charge in [-0.1, -0.05) is 34.1 Å². The second-order valence-corrected chi connectivity index (χ2v) is 5.15. The summed E-state index contributed by atoms with van der Waals surface area (Å²) in [5.41, 5.74) is -0.768. The first-order chi connectivity index (χ1) is 9.84. The molecule has 0 radical (unpaired) electrons. The summed E-state index contributed by atoms with van der Waals surface area (Å²) in [7, 11) is 0. The Morgan fingerprint density at radius 3 is 1.86 bits per heavy atom. The minimum Gasteiger partial charge on any atom is -0.388 e. The van der Waals surface area contributed by atoms with Gasteiger partial charge in [-0.05, 0) is 11.6 Å². The van der Waals surface area contributed by atoms with Gasteiger partial charge in [0, 0.05) is 10.9 Å². The maximum atomic E-state index is 13.6. The van der Waals surface area contributed by atoms with E-state index in [1.807, 2.05) is 0 Å². The molecule has 0 amide bonds. The predicted molar refractivity (Wildman–Crippen MR) is 69.0 cm³/mol. The third-order valence-electron chi connectivity index (χ3n) is 2.95. The number of rotatable bonds is 3. The molecule has 7 heteroatoms. The third kappa shape index (κ3) is 2.94. The zero-order chi connectivity index (χ0) is 15.7. The Balaban J connectivity index is 2.45. The van der Waals surface area contributed by atoms with Crippen LogP contribution >= 0.6 is 15.9 Å². The fourth-order valence-electron chi connectivity index (χ4n) is 1.89. The van der Waals surface area contributed by atoms with E-state index in [0.717, 1.165) is 0 Å². The number of halogens is 6. The molecule has 0 saturated heterocycles. The summed E-state index contributed by atoms with van der Waals surface area (Å²) in [6.07, 6.45) is -2.17. The molecule has 0 fully saturated rings. The summed E-state index contributed by atoms with van der Waals surface area (Å²) in [4.78, 5) is 0. The van der Waals surface area contributed by atoms with E-state index in [2.05, 4.69) is 15.9 Å². The Bertz CT molecular complexity index is 660. The second-order valence-electron chi connectivity index (χ2n) is 4.29. The minimum absolute atomic E-state index is 0.306. The van der Waals surface area contributed by atoms with E-state index >= 15 is 0 Å². The van der Waals surface area contributed by atoms with Crippen molar-refractivity contribution < 1.29 is 27.1 Å². The van der Waals surface area contributed by atoms with Crippen molar-refractivity contribution in [1.82, 2.24) is 0 Å². The highest BCUT2D eigenvalue weighted by molar-refractivity contribution is 9.10. The van der Waals surface area contributed by atoms with Crippen molar-refractivity contribution in [2.75, 3.05) is 0 Å². The van der Waals surface area contributed by atoms with E-state index in [-0.39, 0.29) is 6.42 Å². The van der Waals surface area contributed by atoms with Gasteiger partial charge in [0.1, 0.15) is 0 Å². The quantitative estimate of drug-likeness (QED) is 0.484. The number of aliphatic hydroxyl groups is 1. The van der Waals surface area contributed by atoms with E-state index in [9.17, 15) is 27.1 Å². The van der Waals surface area contributed by atoms with Crippen LogP contribution in [0.5, 0.6) is 0 Å². The molecule has 1 atom stereocenters. The molecule has 0 aromatic heterocycles. The molecule has 0 bridgehead atoms. The van der Waals surface area contributed by atoms with Crippen LogP contribution in [0, 0.1) is 29.1 Å². The Hall–Kier alpha value is -1.47. The van der Waals surface area contributed by atoms with Gasteiger partial charge in [0.05, 0.1) is 11.7 Å². The standard InChI is InChI=1S/C14H8BrF5O/c15-7-4-2-1-3-6(7)5-8(21)9-10(16)12(18)14(20)13(19)11(9)17/h1-4,8,21H,5H2. The first-order valence-corrected chi connectivity index (χ1v) is 6.56. The normalized spacial score (nSPS) is 12.5. The van der Waals surface area contributed by atoms with Gasteiger partial charge in [0.15, 0.2) is 23.3 Å². The van der Waals surface area contributed by atoms with E-state index < -0.39 is 40.8 Å². The van der Waals surface area contributed by atoms with Gasteiger partial charge < -0.3 is 5.11 Å². The smallest absolute Gasteiger partial charge is 0.200 e. The highest BCUT2D eigenvalue weighted by Crippen LogP contribution is 2.31. The highest BCUT2D eigenvalue weighted by atomic mass is 79.9. The topological polar surface area (TPSA) is 20.2 Å². The maximum absolute atomic E-state index is 13.6. The molecule has 21 heavy (non-hydrogen) atoms. The summed E-state index contributed by atoms with van der Waals surface area (Å²) < 4.78 is 66.8. The molecule has 1 N–H and O–H groups in total. The molecule has 0 saturated carbocycles. The van der Waals surface area contributed by atoms with Crippen molar-refractivity contribution in [3.05, 3.63) is 69.0 Å². The summed E-state index contributed by atoms with van der Waals surface area (Å²) in [5, 5.41) is 9.84. The minimum atomic E-state index is -2.25. The maximum Gasteiger partial charge on any atom is 0.200 e. The fourth-order valence-corrected chi connectivity index (χ4v) is 2.34. The van der Waals surface area contributed by atoms with Gasteiger partial charge in [-0.3, -0.25) is 0 Å². The first kappa shape index (κ1) is 15.9.